The Balaban J connectivity index is 1.03. The van der Waals surface area contributed by atoms with E-state index in [4.69, 9.17) is 9.40 Å². The zero-order valence-electron chi connectivity index (χ0n) is 32.0. The van der Waals surface area contributed by atoms with E-state index in [9.17, 15) is 0 Å². The van der Waals surface area contributed by atoms with Gasteiger partial charge < -0.3 is 13.9 Å². The summed E-state index contributed by atoms with van der Waals surface area (Å²) in [5, 5.41) is 9.88. The van der Waals surface area contributed by atoms with Crippen molar-refractivity contribution >= 4 is 82.3 Å². The molecule has 2 heterocycles. The molecule has 0 aliphatic carbocycles. The molecule has 4 heteroatoms. The molecule has 0 aliphatic rings. The molecule has 2 aromatic heterocycles. The van der Waals surface area contributed by atoms with Gasteiger partial charge in [-0.05, 0) is 128 Å². The van der Waals surface area contributed by atoms with Crippen LogP contribution in [0.3, 0.4) is 0 Å². The topological polar surface area (TPSA) is 34.2 Å². The summed E-state index contributed by atoms with van der Waals surface area (Å²) in [4.78, 5) is 7.24. The van der Waals surface area contributed by atoms with Crippen molar-refractivity contribution in [1.82, 2.24) is 9.55 Å². The van der Waals surface area contributed by atoms with Crippen molar-refractivity contribution in [2.24, 2.45) is 0 Å². The zero-order valence-corrected chi connectivity index (χ0v) is 32.0. The molecular formula is C55H35N3O. The minimum Gasteiger partial charge on any atom is -0.436 e. The number of fused-ring (bicyclic) bond motifs is 9. The minimum absolute atomic E-state index is 0.629. The molecule has 10 aromatic carbocycles. The number of hydrogen-bond donors (Lipinski definition) is 0. The molecule has 276 valence electrons. The van der Waals surface area contributed by atoms with E-state index in [-0.39, 0.29) is 0 Å². The summed E-state index contributed by atoms with van der Waals surface area (Å²) >= 11 is 0. The first-order valence-corrected chi connectivity index (χ1v) is 20.0. The van der Waals surface area contributed by atoms with Crippen molar-refractivity contribution in [3.05, 3.63) is 212 Å². The van der Waals surface area contributed by atoms with Crippen molar-refractivity contribution in [2.45, 2.75) is 0 Å². The lowest BCUT2D eigenvalue weighted by Gasteiger charge is -2.26. The highest BCUT2D eigenvalue weighted by Gasteiger charge is 2.20. The quantitative estimate of drug-likeness (QED) is 0.159. The number of para-hydroxylation sites is 1. The highest BCUT2D eigenvalue weighted by Crippen LogP contribution is 2.43. The fraction of sp³-hybridized carbons (Fsp3) is 0. The second-order valence-corrected chi connectivity index (χ2v) is 15.2. The van der Waals surface area contributed by atoms with Gasteiger partial charge in [-0.25, -0.2) is 4.98 Å². The van der Waals surface area contributed by atoms with Gasteiger partial charge in [0.2, 0.25) is 5.89 Å². The van der Waals surface area contributed by atoms with Crippen molar-refractivity contribution in [3.63, 3.8) is 0 Å². The lowest BCUT2D eigenvalue weighted by Crippen LogP contribution is -2.10. The van der Waals surface area contributed by atoms with E-state index < -0.39 is 0 Å². The van der Waals surface area contributed by atoms with Gasteiger partial charge in [-0.1, -0.05) is 127 Å². The lowest BCUT2D eigenvalue weighted by atomic mass is 10.0. The average Bonchev–Trinajstić information content (AvgIpc) is 3.89. The Morgan fingerprint density at radius 1 is 0.390 bits per heavy atom. The van der Waals surface area contributed by atoms with Crippen LogP contribution in [0.5, 0.6) is 0 Å². The van der Waals surface area contributed by atoms with Gasteiger partial charge >= 0.3 is 0 Å². The molecule has 0 saturated heterocycles. The third-order valence-corrected chi connectivity index (χ3v) is 11.8. The lowest BCUT2D eigenvalue weighted by molar-refractivity contribution is 0.620. The van der Waals surface area contributed by atoms with Gasteiger partial charge in [0.05, 0.1) is 11.0 Å². The maximum Gasteiger partial charge on any atom is 0.227 e. The van der Waals surface area contributed by atoms with E-state index in [1.54, 1.807) is 0 Å². The Bertz CT molecular complexity index is 3550. The van der Waals surface area contributed by atoms with Gasteiger partial charge in [0.15, 0.2) is 5.58 Å². The first-order chi connectivity index (χ1) is 29.2. The molecule has 12 rings (SSSR count). The van der Waals surface area contributed by atoms with Crippen LogP contribution in [0.2, 0.25) is 0 Å². The summed E-state index contributed by atoms with van der Waals surface area (Å²) < 4.78 is 8.53. The zero-order chi connectivity index (χ0) is 38.9. The molecule has 0 saturated carbocycles. The van der Waals surface area contributed by atoms with Crippen LogP contribution in [0.4, 0.5) is 17.1 Å². The fourth-order valence-corrected chi connectivity index (χ4v) is 8.97. The van der Waals surface area contributed by atoms with Crippen LogP contribution in [-0.4, -0.2) is 9.55 Å². The van der Waals surface area contributed by atoms with Gasteiger partial charge in [-0.3, -0.25) is 0 Å². The van der Waals surface area contributed by atoms with Gasteiger partial charge in [0.25, 0.3) is 0 Å². The number of oxazole rings is 1. The molecule has 0 atom stereocenters. The number of hydrogen-bond acceptors (Lipinski definition) is 3. The van der Waals surface area contributed by atoms with Crippen LogP contribution in [0.1, 0.15) is 0 Å². The van der Waals surface area contributed by atoms with Crippen LogP contribution >= 0.6 is 0 Å². The monoisotopic (exact) mass is 753 g/mol. The molecule has 0 N–H and O–H groups in total. The Morgan fingerprint density at radius 2 is 1.00 bits per heavy atom. The smallest absolute Gasteiger partial charge is 0.227 e. The van der Waals surface area contributed by atoms with E-state index in [2.05, 4.69) is 185 Å². The maximum absolute atomic E-state index is 6.14. The molecule has 0 amide bonds. The van der Waals surface area contributed by atoms with E-state index in [1.807, 2.05) is 36.4 Å². The molecular weight excluding hydrogens is 719 g/mol. The summed E-state index contributed by atoms with van der Waals surface area (Å²) in [6.07, 6.45) is 0. The number of aromatic nitrogens is 2. The van der Waals surface area contributed by atoms with Crippen LogP contribution < -0.4 is 4.90 Å². The third-order valence-electron chi connectivity index (χ3n) is 11.8. The molecule has 0 spiro atoms. The molecule has 0 unspecified atom stereocenters. The van der Waals surface area contributed by atoms with E-state index in [1.165, 1.54) is 54.1 Å². The SMILES string of the molecule is c1ccc(-c2nc3cc(-c4ccc(N(c5ccc6c(ccc7ccccc76)c5)c5ccc6c(c5)c5c7ccccc7ccc5n6-c5ccccc5)cc4)ccc3o2)cc1. The average molecular weight is 754 g/mol. The van der Waals surface area contributed by atoms with Crippen molar-refractivity contribution in [3.8, 4) is 28.3 Å². The van der Waals surface area contributed by atoms with Crippen molar-refractivity contribution in [2.75, 3.05) is 4.90 Å². The second-order valence-electron chi connectivity index (χ2n) is 15.2. The largest absolute Gasteiger partial charge is 0.436 e. The Morgan fingerprint density at radius 3 is 1.83 bits per heavy atom. The number of anilines is 3. The Labute approximate surface area is 340 Å². The standard InChI is InChI=1S/C55H35N3O/c1-3-13-39(14-4-1)55-56-50-34-40(24-32-53(50)59-55)36-21-25-43(26-22-36)57(44-27-29-47-41(33-44)20-19-37-11-7-9-17-46(37)47)45-28-31-51-49(35-45)54-48-18-10-8-12-38(48)23-30-52(54)58(51)42-15-5-2-6-16-42/h1-35H. The summed E-state index contributed by atoms with van der Waals surface area (Å²) in [6.45, 7) is 0. The number of nitrogens with zero attached hydrogens (tertiary/aromatic N) is 3. The molecule has 59 heavy (non-hydrogen) atoms. The number of benzene rings is 10. The third kappa shape index (κ3) is 5.49. The summed E-state index contributed by atoms with van der Waals surface area (Å²) in [5.74, 6) is 0.629. The van der Waals surface area contributed by atoms with E-state index in [0.717, 1.165) is 50.5 Å². The van der Waals surface area contributed by atoms with Crippen molar-refractivity contribution < 1.29 is 4.42 Å². The first-order valence-electron chi connectivity index (χ1n) is 20.0. The fourth-order valence-electron chi connectivity index (χ4n) is 8.97. The minimum atomic E-state index is 0.629. The first kappa shape index (κ1) is 33.2. The van der Waals surface area contributed by atoms with Crippen molar-refractivity contribution in [1.29, 1.82) is 0 Å². The van der Waals surface area contributed by atoms with Crippen LogP contribution in [0.25, 0.3) is 93.5 Å². The molecule has 12 aromatic rings. The summed E-state index contributed by atoms with van der Waals surface area (Å²) in [6, 6.07) is 76.0. The van der Waals surface area contributed by atoms with Crippen LogP contribution in [0, 0.1) is 0 Å². The van der Waals surface area contributed by atoms with E-state index in [0.29, 0.717) is 5.89 Å². The predicted molar refractivity (Wildman–Crippen MR) is 246 cm³/mol. The van der Waals surface area contributed by atoms with Gasteiger partial charge in [-0.2, -0.15) is 0 Å². The summed E-state index contributed by atoms with van der Waals surface area (Å²) in [5.41, 5.74) is 11.5. The van der Waals surface area contributed by atoms with Crippen LogP contribution in [0.15, 0.2) is 217 Å². The van der Waals surface area contributed by atoms with E-state index >= 15 is 0 Å². The summed E-state index contributed by atoms with van der Waals surface area (Å²) in [7, 11) is 0. The molecule has 0 aliphatic heterocycles. The normalized spacial score (nSPS) is 11.7. The Kier molecular flexibility index (Phi) is 7.50. The predicted octanol–water partition coefficient (Wildman–Crippen LogP) is 15.2. The molecule has 4 nitrogen and oxygen atoms in total. The Hall–Kier alpha value is -7.95. The van der Waals surface area contributed by atoms with Gasteiger partial charge in [-0.15, -0.1) is 0 Å². The molecule has 0 radical (unpaired) electrons. The molecule has 0 fully saturated rings. The molecule has 0 bridgehead atoms. The highest BCUT2D eigenvalue weighted by atomic mass is 16.3. The maximum atomic E-state index is 6.14. The van der Waals surface area contributed by atoms with Gasteiger partial charge in [0, 0.05) is 39.1 Å². The highest BCUT2D eigenvalue weighted by molar-refractivity contribution is 6.22. The second kappa shape index (κ2) is 13.3. The van der Waals surface area contributed by atoms with Crippen LogP contribution in [-0.2, 0) is 0 Å². The number of rotatable bonds is 6. The van der Waals surface area contributed by atoms with Gasteiger partial charge in [0.1, 0.15) is 5.52 Å².